The van der Waals surface area contributed by atoms with Crippen molar-refractivity contribution in [2.24, 2.45) is 5.10 Å². The van der Waals surface area contributed by atoms with Crippen LogP contribution in [0.1, 0.15) is 26.3 Å². The van der Waals surface area contributed by atoms with Crippen LogP contribution in [-0.2, 0) is 0 Å². The van der Waals surface area contributed by atoms with Crippen LogP contribution in [0.4, 0.5) is 0 Å². The maximum absolute atomic E-state index is 12.9. The summed E-state index contributed by atoms with van der Waals surface area (Å²) in [6, 6.07) is 21.8. The molecule has 4 rings (SSSR count). The zero-order valence-electron chi connectivity index (χ0n) is 19.0. The molecule has 0 aliphatic carbocycles. The first kappa shape index (κ1) is 23.3. The Morgan fingerprint density at radius 2 is 1.57 bits per heavy atom. The molecule has 4 aromatic carbocycles. The number of hydrogen-bond donors (Lipinski definition) is 2. The van der Waals surface area contributed by atoms with Crippen LogP contribution < -0.4 is 19.6 Å². The number of phenolic OH excluding ortho intramolecular Hbond substituents is 1. The van der Waals surface area contributed by atoms with Gasteiger partial charge in [0.25, 0.3) is 5.91 Å². The normalized spacial score (nSPS) is 10.8. The molecule has 0 aliphatic heterocycles. The Morgan fingerprint density at radius 3 is 2.34 bits per heavy atom. The summed E-state index contributed by atoms with van der Waals surface area (Å²) >= 11 is 0. The molecule has 35 heavy (non-hydrogen) atoms. The molecule has 0 saturated carbocycles. The standard InChI is InChI=1S/C27H22N2O6/c1-33-24-14-12-18(15-25(24)34-2)27(32)35-23-13-11-17-7-3-4-8-19(17)21(23)16-28-29-26(31)20-9-5-6-10-22(20)30/h3-16,30H,1-2H3,(H,29,31)/b28-16+. The van der Waals surface area contributed by atoms with Gasteiger partial charge in [-0.25, -0.2) is 10.2 Å². The molecule has 0 heterocycles. The number of nitrogens with one attached hydrogen (secondary N) is 1. The van der Waals surface area contributed by atoms with Crippen LogP contribution in [0.25, 0.3) is 10.8 Å². The van der Waals surface area contributed by atoms with Crippen LogP contribution >= 0.6 is 0 Å². The van der Waals surface area contributed by atoms with Gasteiger partial charge in [-0.05, 0) is 47.2 Å². The lowest BCUT2D eigenvalue weighted by molar-refractivity contribution is 0.0734. The predicted octanol–water partition coefficient (Wildman–Crippen LogP) is 4.55. The van der Waals surface area contributed by atoms with Gasteiger partial charge >= 0.3 is 5.97 Å². The number of hydrazone groups is 1. The average molecular weight is 470 g/mol. The number of aromatic hydroxyl groups is 1. The summed E-state index contributed by atoms with van der Waals surface area (Å²) in [6.07, 6.45) is 1.40. The van der Waals surface area contributed by atoms with Gasteiger partial charge in [0.05, 0.1) is 31.6 Å². The lowest BCUT2D eigenvalue weighted by Gasteiger charge is -2.12. The van der Waals surface area contributed by atoms with E-state index in [1.165, 1.54) is 38.6 Å². The molecular weight excluding hydrogens is 448 g/mol. The third kappa shape index (κ3) is 5.06. The molecule has 8 nitrogen and oxygen atoms in total. The van der Waals surface area contributed by atoms with E-state index in [2.05, 4.69) is 10.5 Å². The molecule has 4 aromatic rings. The second-order valence-electron chi connectivity index (χ2n) is 7.37. The molecule has 8 heteroatoms. The minimum absolute atomic E-state index is 0.0858. The quantitative estimate of drug-likeness (QED) is 0.178. The van der Waals surface area contributed by atoms with Crippen molar-refractivity contribution in [3.05, 3.63) is 95.6 Å². The van der Waals surface area contributed by atoms with Crippen LogP contribution in [0.3, 0.4) is 0 Å². The zero-order valence-corrected chi connectivity index (χ0v) is 19.0. The number of methoxy groups -OCH3 is 2. The van der Waals surface area contributed by atoms with Crippen LogP contribution in [-0.4, -0.2) is 37.4 Å². The monoisotopic (exact) mass is 470 g/mol. The lowest BCUT2D eigenvalue weighted by atomic mass is 10.0. The summed E-state index contributed by atoms with van der Waals surface area (Å²) in [5, 5.41) is 15.6. The summed E-state index contributed by atoms with van der Waals surface area (Å²) in [6.45, 7) is 0. The number of nitrogens with zero attached hydrogens (tertiary/aromatic N) is 1. The predicted molar refractivity (Wildman–Crippen MR) is 132 cm³/mol. The topological polar surface area (TPSA) is 106 Å². The highest BCUT2D eigenvalue weighted by atomic mass is 16.5. The molecule has 0 radical (unpaired) electrons. The van der Waals surface area contributed by atoms with Crippen molar-refractivity contribution >= 4 is 28.9 Å². The number of hydrogen-bond acceptors (Lipinski definition) is 7. The van der Waals surface area contributed by atoms with E-state index in [1.807, 2.05) is 30.3 Å². The molecule has 0 fully saturated rings. The third-order valence-corrected chi connectivity index (χ3v) is 5.26. The Hall–Kier alpha value is -4.85. The number of amides is 1. The molecule has 0 saturated heterocycles. The fourth-order valence-electron chi connectivity index (χ4n) is 3.50. The van der Waals surface area contributed by atoms with Gasteiger partial charge in [-0.2, -0.15) is 5.10 Å². The van der Waals surface area contributed by atoms with Gasteiger partial charge in [-0.15, -0.1) is 0 Å². The summed E-state index contributed by atoms with van der Waals surface area (Å²) in [4.78, 5) is 25.3. The van der Waals surface area contributed by atoms with E-state index in [9.17, 15) is 14.7 Å². The van der Waals surface area contributed by atoms with Crippen LogP contribution in [0, 0.1) is 0 Å². The van der Waals surface area contributed by atoms with Gasteiger partial charge in [0.1, 0.15) is 11.5 Å². The Bertz CT molecular complexity index is 1430. The van der Waals surface area contributed by atoms with Crippen LogP contribution in [0.5, 0.6) is 23.0 Å². The van der Waals surface area contributed by atoms with E-state index in [0.717, 1.165) is 10.8 Å². The van der Waals surface area contributed by atoms with Crippen molar-refractivity contribution < 1.29 is 28.9 Å². The van der Waals surface area contributed by atoms with Gasteiger partial charge in [-0.1, -0.05) is 42.5 Å². The Kier molecular flexibility index (Phi) is 6.92. The second kappa shape index (κ2) is 10.4. The molecule has 0 aromatic heterocycles. The first-order valence-corrected chi connectivity index (χ1v) is 10.6. The first-order valence-electron chi connectivity index (χ1n) is 10.6. The minimum Gasteiger partial charge on any atom is -0.507 e. The summed E-state index contributed by atoms with van der Waals surface area (Å²) < 4.78 is 16.2. The molecule has 1 amide bonds. The first-order chi connectivity index (χ1) is 17.0. The number of esters is 1. The van der Waals surface area contributed by atoms with E-state index in [4.69, 9.17) is 14.2 Å². The second-order valence-corrected chi connectivity index (χ2v) is 7.37. The maximum Gasteiger partial charge on any atom is 0.343 e. The Balaban J connectivity index is 1.64. The SMILES string of the molecule is COc1ccc(C(=O)Oc2ccc3ccccc3c2/C=N/NC(=O)c2ccccc2O)cc1OC. The minimum atomic E-state index is -0.603. The Morgan fingerprint density at radius 1 is 0.857 bits per heavy atom. The number of benzene rings is 4. The van der Waals surface area contributed by atoms with Crippen molar-refractivity contribution in [3.63, 3.8) is 0 Å². The average Bonchev–Trinajstić information content (AvgIpc) is 2.89. The van der Waals surface area contributed by atoms with Gasteiger partial charge < -0.3 is 19.3 Å². The van der Waals surface area contributed by atoms with Crippen molar-refractivity contribution in [2.75, 3.05) is 14.2 Å². The van der Waals surface area contributed by atoms with Crippen molar-refractivity contribution in [1.82, 2.24) is 5.43 Å². The molecule has 176 valence electrons. The maximum atomic E-state index is 12.9. The molecule has 0 bridgehead atoms. The molecule has 2 N–H and O–H groups in total. The van der Waals surface area contributed by atoms with Gasteiger partial charge in [0.2, 0.25) is 0 Å². The van der Waals surface area contributed by atoms with E-state index in [-0.39, 0.29) is 22.6 Å². The molecule has 0 unspecified atom stereocenters. The summed E-state index contributed by atoms with van der Waals surface area (Å²) in [5.74, 6) is -0.201. The van der Waals surface area contributed by atoms with Crippen LogP contribution in [0.15, 0.2) is 84.0 Å². The van der Waals surface area contributed by atoms with E-state index in [0.29, 0.717) is 17.1 Å². The lowest BCUT2D eigenvalue weighted by Crippen LogP contribution is -2.18. The van der Waals surface area contributed by atoms with Gasteiger partial charge in [0.15, 0.2) is 11.5 Å². The smallest absolute Gasteiger partial charge is 0.343 e. The fraction of sp³-hybridized carbons (Fsp3) is 0.0741. The van der Waals surface area contributed by atoms with Gasteiger partial charge in [0, 0.05) is 5.56 Å². The van der Waals surface area contributed by atoms with Crippen LogP contribution in [0.2, 0.25) is 0 Å². The van der Waals surface area contributed by atoms with E-state index < -0.39 is 11.9 Å². The highest BCUT2D eigenvalue weighted by molar-refractivity contribution is 6.04. The molecule has 0 atom stereocenters. The van der Waals surface area contributed by atoms with E-state index >= 15 is 0 Å². The molecule has 0 spiro atoms. The largest absolute Gasteiger partial charge is 0.507 e. The number of carbonyl (C=O) groups is 2. The number of rotatable bonds is 7. The highest BCUT2D eigenvalue weighted by Crippen LogP contribution is 2.30. The van der Waals surface area contributed by atoms with Gasteiger partial charge in [-0.3, -0.25) is 4.79 Å². The van der Waals surface area contributed by atoms with Crippen molar-refractivity contribution in [1.29, 1.82) is 0 Å². The number of ether oxygens (including phenoxy) is 3. The number of para-hydroxylation sites is 1. The number of carbonyl (C=O) groups excluding carboxylic acids is 2. The van der Waals surface area contributed by atoms with E-state index in [1.54, 1.807) is 30.3 Å². The fourth-order valence-corrected chi connectivity index (χ4v) is 3.50. The highest BCUT2D eigenvalue weighted by Gasteiger charge is 2.16. The van der Waals surface area contributed by atoms with Crippen molar-refractivity contribution in [2.45, 2.75) is 0 Å². The Labute approximate surface area is 201 Å². The zero-order chi connectivity index (χ0) is 24.8. The molecule has 0 aliphatic rings. The van der Waals surface area contributed by atoms with Crippen molar-refractivity contribution in [3.8, 4) is 23.0 Å². The summed E-state index contributed by atoms with van der Waals surface area (Å²) in [7, 11) is 2.99. The number of phenols is 1. The number of fused-ring (bicyclic) bond motifs is 1. The summed E-state index contributed by atoms with van der Waals surface area (Å²) in [5.41, 5.74) is 3.24. The molecular formula is C27H22N2O6. The third-order valence-electron chi connectivity index (χ3n) is 5.26.